The van der Waals surface area contributed by atoms with Gasteiger partial charge in [-0.1, -0.05) is 30.3 Å². The van der Waals surface area contributed by atoms with Gasteiger partial charge in [-0.2, -0.15) is 10.4 Å². The van der Waals surface area contributed by atoms with Crippen molar-refractivity contribution in [1.29, 1.82) is 5.26 Å². The van der Waals surface area contributed by atoms with Gasteiger partial charge in [0.05, 0.1) is 24.2 Å². The second-order valence-corrected chi connectivity index (χ2v) is 6.24. The Balaban J connectivity index is 1.75. The van der Waals surface area contributed by atoms with Crippen LogP contribution in [-0.4, -0.2) is 22.2 Å². The lowest BCUT2D eigenvalue weighted by Crippen LogP contribution is -2.34. The molecule has 2 aromatic heterocycles. The molecule has 0 aliphatic rings. The predicted molar refractivity (Wildman–Crippen MR) is 105 cm³/mol. The second kappa shape index (κ2) is 7.37. The van der Waals surface area contributed by atoms with Crippen molar-refractivity contribution >= 4 is 33.5 Å². The average Bonchev–Trinajstić information content (AvgIpc) is 3.14. The van der Waals surface area contributed by atoms with E-state index in [1.807, 2.05) is 42.5 Å². The molecule has 0 fully saturated rings. The largest absolute Gasteiger partial charge is 0.422 e. The summed E-state index contributed by atoms with van der Waals surface area (Å²) in [6.45, 7) is 0.221. The van der Waals surface area contributed by atoms with Gasteiger partial charge in [-0.25, -0.2) is 4.79 Å². The highest BCUT2D eigenvalue weighted by atomic mass is 16.4. The van der Waals surface area contributed by atoms with E-state index in [2.05, 4.69) is 11.2 Å². The maximum atomic E-state index is 13.0. The van der Waals surface area contributed by atoms with Gasteiger partial charge in [0.2, 0.25) is 5.91 Å². The summed E-state index contributed by atoms with van der Waals surface area (Å²) in [5, 5.41) is 14.2. The highest BCUT2D eigenvalue weighted by Crippen LogP contribution is 2.23. The molecule has 1 amide bonds. The van der Waals surface area contributed by atoms with Gasteiger partial charge in [0.1, 0.15) is 17.5 Å². The fourth-order valence-corrected chi connectivity index (χ4v) is 3.23. The lowest BCUT2D eigenvalue weighted by molar-refractivity contribution is -0.119. The lowest BCUT2D eigenvalue weighted by Gasteiger charge is -2.22. The average molecular weight is 372 g/mol. The summed E-state index contributed by atoms with van der Waals surface area (Å²) < 4.78 is 6.84. The van der Waals surface area contributed by atoms with Gasteiger partial charge < -0.3 is 9.32 Å². The number of benzene rings is 2. The zero-order chi connectivity index (χ0) is 19.5. The second-order valence-electron chi connectivity index (χ2n) is 6.24. The molecule has 0 aliphatic heterocycles. The van der Waals surface area contributed by atoms with E-state index in [-0.39, 0.29) is 25.4 Å². The molecule has 0 aliphatic carbocycles. The lowest BCUT2D eigenvalue weighted by atomic mass is 10.2. The van der Waals surface area contributed by atoms with E-state index in [1.54, 1.807) is 17.0 Å². The van der Waals surface area contributed by atoms with E-state index in [4.69, 9.17) is 9.68 Å². The van der Waals surface area contributed by atoms with Crippen molar-refractivity contribution < 1.29 is 9.21 Å². The van der Waals surface area contributed by atoms with Crippen molar-refractivity contribution in [2.45, 2.75) is 13.0 Å². The molecule has 0 N–H and O–H groups in total. The number of rotatable bonds is 5. The Morgan fingerprint density at radius 2 is 1.86 bits per heavy atom. The maximum Gasteiger partial charge on any atom is 0.347 e. The fraction of sp³-hybridized carbons (Fsp3) is 0.143. The monoisotopic (exact) mass is 372 g/mol. The van der Waals surface area contributed by atoms with Gasteiger partial charge in [-0.15, -0.1) is 0 Å². The Labute approximate surface area is 160 Å². The Morgan fingerprint density at radius 1 is 1.11 bits per heavy atom. The number of anilines is 1. The zero-order valence-corrected chi connectivity index (χ0v) is 14.9. The molecule has 2 heterocycles. The minimum Gasteiger partial charge on any atom is -0.422 e. The van der Waals surface area contributed by atoms with Crippen LogP contribution in [0.15, 0.2) is 70.0 Å². The molecule has 0 saturated carbocycles. The Bertz CT molecular complexity index is 1250. The van der Waals surface area contributed by atoms with Crippen molar-refractivity contribution in [2.75, 3.05) is 11.4 Å². The number of fused-ring (bicyclic) bond motifs is 3. The van der Waals surface area contributed by atoms with Crippen molar-refractivity contribution in [3.63, 3.8) is 0 Å². The van der Waals surface area contributed by atoms with Crippen LogP contribution in [0, 0.1) is 11.3 Å². The van der Waals surface area contributed by atoms with Crippen LogP contribution in [0.4, 0.5) is 5.69 Å². The molecular weight excluding hydrogens is 356 g/mol. The molecule has 0 bridgehead atoms. The van der Waals surface area contributed by atoms with E-state index in [1.165, 1.54) is 10.9 Å². The van der Waals surface area contributed by atoms with Crippen LogP contribution in [0.3, 0.4) is 0 Å². The van der Waals surface area contributed by atoms with Crippen molar-refractivity contribution in [1.82, 2.24) is 9.78 Å². The van der Waals surface area contributed by atoms with Gasteiger partial charge in [-0.05, 0) is 24.3 Å². The Kier molecular flexibility index (Phi) is 4.60. The van der Waals surface area contributed by atoms with Crippen LogP contribution in [-0.2, 0) is 11.3 Å². The molecule has 0 spiro atoms. The smallest absolute Gasteiger partial charge is 0.347 e. The summed E-state index contributed by atoms with van der Waals surface area (Å²) in [6, 6.07) is 18.4. The van der Waals surface area contributed by atoms with Crippen LogP contribution < -0.4 is 10.5 Å². The van der Waals surface area contributed by atoms with E-state index >= 15 is 0 Å². The summed E-state index contributed by atoms with van der Waals surface area (Å²) in [5.74, 6) is -0.219. The minimum atomic E-state index is -0.489. The number of hydrogen-bond donors (Lipinski definition) is 0. The van der Waals surface area contributed by atoms with E-state index < -0.39 is 5.63 Å². The first-order chi connectivity index (χ1) is 13.7. The molecule has 0 radical (unpaired) electrons. The summed E-state index contributed by atoms with van der Waals surface area (Å²) in [6.07, 6.45) is 1.63. The standard InChI is InChI=1S/C21H16N4O3/c22-11-6-12-24(15-7-2-1-3-8-15)19(26)14-25-20-16-9-4-5-10-18(16)28-21(27)17(20)13-23-25/h1-5,7-10,13H,6,12,14H2. The van der Waals surface area contributed by atoms with Crippen LogP contribution in [0.1, 0.15) is 6.42 Å². The third-order valence-corrected chi connectivity index (χ3v) is 4.51. The van der Waals surface area contributed by atoms with E-state index in [0.29, 0.717) is 27.6 Å². The highest BCUT2D eigenvalue weighted by molar-refractivity contribution is 6.03. The summed E-state index contributed by atoms with van der Waals surface area (Å²) in [4.78, 5) is 26.8. The van der Waals surface area contributed by atoms with E-state index in [9.17, 15) is 9.59 Å². The van der Waals surface area contributed by atoms with Crippen molar-refractivity contribution in [2.24, 2.45) is 0 Å². The first kappa shape index (κ1) is 17.5. The van der Waals surface area contributed by atoms with Crippen LogP contribution in [0.2, 0.25) is 0 Å². The summed E-state index contributed by atoms with van der Waals surface area (Å²) in [7, 11) is 0. The summed E-state index contributed by atoms with van der Waals surface area (Å²) in [5.41, 5.74) is 1.23. The van der Waals surface area contributed by atoms with Gasteiger partial charge in [0.15, 0.2) is 0 Å². The molecule has 28 heavy (non-hydrogen) atoms. The molecule has 0 saturated heterocycles. The molecule has 7 heteroatoms. The van der Waals surface area contributed by atoms with Crippen LogP contribution >= 0.6 is 0 Å². The number of carbonyl (C=O) groups is 1. The van der Waals surface area contributed by atoms with Crippen LogP contribution in [0.25, 0.3) is 21.9 Å². The zero-order valence-electron chi connectivity index (χ0n) is 14.9. The van der Waals surface area contributed by atoms with Crippen molar-refractivity contribution in [3.8, 4) is 6.07 Å². The quantitative estimate of drug-likeness (QED) is 0.502. The molecule has 2 aromatic carbocycles. The topological polar surface area (TPSA) is 92.1 Å². The molecular formula is C21H16N4O3. The summed E-state index contributed by atoms with van der Waals surface area (Å²) >= 11 is 0. The molecule has 7 nitrogen and oxygen atoms in total. The third kappa shape index (κ3) is 3.12. The SMILES string of the molecule is N#CCCN(C(=O)Cn1ncc2c(=O)oc3ccccc3c21)c1ccccc1. The molecule has 0 unspecified atom stereocenters. The number of nitriles is 1. The molecule has 0 atom stereocenters. The van der Waals surface area contributed by atoms with E-state index in [0.717, 1.165) is 0 Å². The van der Waals surface area contributed by atoms with Gasteiger partial charge in [-0.3, -0.25) is 9.48 Å². The molecule has 138 valence electrons. The predicted octanol–water partition coefficient (Wildman–Crippen LogP) is 3.09. The Morgan fingerprint density at radius 3 is 2.64 bits per heavy atom. The van der Waals surface area contributed by atoms with Gasteiger partial charge in [0, 0.05) is 17.6 Å². The normalized spacial score (nSPS) is 10.8. The van der Waals surface area contributed by atoms with Crippen LogP contribution in [0.5, 0.6) is 0 Å². The number of hydrogen-bond acceptors (Lipinski definition) is 5. The number of amides is 1. The molecule has 4 aromatic rings. The highest BCUT2D eigenvalue weighted by Gasteiger charge is 2.19. The maximum absolute atomic E-state index is 13.0. The fourth-order valence-electron chi connectivity index (χ4n) is 3.23. The third-order valence-electron chi connectivity index (χ3n) is 4.51. The van der Waals surface area contributed by atoms with Crippen molar-refractivity contribution in [3.05, 3.63) is 71.2 Å². The number of aromatic nitrogens is 2. The number of carbonyl (C=O) groups excluding carboxylic acids is 1. The van der Waals surface area contributed by atoms with Gasteiger partial charge in [0.25, 0.3) is 0 Å². The Hall–Kier alpha value is -3.92. The number of para-hydroxylation sites is 2. The first-order valence-corrected chi connectivity index (χ1v) is 8.79. The molecule has 4 rings (SSSR count). The minimum absolute atomic E-state index is 0.0583. The number of nitrogens with zero attached hydrogens (tertiary/aromatic N) is 4. The first-order valence-electron chi connectivity index (χ1n) is 8.79. The van der Waals surface area contributed by atoms with Gasteiger partial charge >= 0.3 is 5.63 Å².